The molecular weight excluding hydrogens is 913 g/mol. The van der Waals surface area contributed by atoms with Crippen molar-refractivity contribution >= 4 is 17.9 Å². The Balaban J connectivity index is 4.31. The minimum atomic E-state index is -0.782. The SMILES string of the molecule is CCCCC/C=C\C/C=C\CCCCCCCC(=O)OCC(COC(=O)CCCCCCCCCCCCCCCCCCCCCCCCC)OC(=O)CCCCCCCCC/C=C\C/C=C\CCCCCC. The summed E-state index contributed by atoms with van der Waals surface area (Å²) in [6.45, 7) is 6.64. The van der Waals surface area contributed by atoms with Gasteiger partial charge in [0, 0.05) is 19.3 Å². The fraction of sp³-hybridized carbons (Fsp3) is 0.838. The van der Waals surface area contributed by atoms with Gasteiger partial charge in [-0.05, 0) is 83.5 Å². The molecule has 0 aromatic rings. The van der Waals surface area contributed by atoms with Gasteiger partial charge in [0.25, 0.3) is 0 Å². The van der Waals surface area contributed by atoms with Gasteiger partial charge in [-0.3, -0.25) is 14.4 Å². The zero-order valence-corrected chi connectivity index (χ0v) is 49.6. The van der Waals surface area contributed by atoms with Crippen LogP contribution in [0.5, 0.6) is 0 Å². The minimum Gasteiger partial charge on any atom is -0.462 e. The number of esters is 3. The lowest BCUT2D eigenvalue weighted by molar-refractivity contribution is -0.167. The molecule has 0 heterocycles. The molecule has 0 aromatic heterocycles. The van der Waals surface area contributed by atoms with E-state index in [9.17, 15) is 14.4 Å². The van der Waals surface area contributed by atoms with Crippen molar-refractivity contribution in [2.24, 2.45) is 0 Å². The van der Waals surface area contributed by atoms with Crippen molar-refractivity contribution in [3.05, 3.63) is 48.6 Å². The van der Waals surface area contributed by atoms with Crippen molar-refractivity contribution in [3.63, 3.8) is 0 Å². The van der Waals surface area contributed by atoms with Crippen molar-refractivity contribution < 1.29 is 28.6 Å². The lowest BCUT2D eigenvalue weighted by Gasteiger charge is -2.18. The average Bonchev–Trinajstić information content (AvgIpc) is 3.40. The first-order chi connectivity index (χ1) is 36.5. The van der Waals surface area contributed by atoms with Gasteiger partial charge in [-0.25, -0.2) is 0 Å². The van der Waals surface area contributed by atoms with E-state index in [-0.39, 0.29) is 31.1 Å². The third-order valence-corrected chi connectivity index (χ3v) is 14.6. The van der Waals surface area contributed by atoms with E-state index in [2.05, 4.69) is 69.4 Å². The molecule has 6 heteroatoms. The molecule has 0 radical (unpaired) electrons. The van der Waals surface area contributed by atoms with Crippen molar-refractivity contribution in [2.45, 2.75) is 354 Å². The number of rotatable bonds is 60. The molecule has 6 nitrogen and oxygen atoms in total. The largest absolute Gasteiger partial charge is 0.462 e. The Labute approximate surface area is 460 Å². The van der Waals surface area contributed by atoms with Gasteiger partial charge in [0.2, 0.25) is 0 Å². The van der Waals surface area contributed by atoms with Gasteiger partial charge in [0.15, 0.2) is 6.10 Å². The zero-order chi connectivity index (χ0) is 53.6. The quantitative estimate of drug-likeness (QED) is 0.0261. The van der Waals surface area contributed by atoms with E-state index in [1.807, 2.05) is 0 Å². The van der Waals surface area contributed by atoms with Gasteiger partial charge in [-0.15, -0.1) is 0 Å². The number of allylic oxidation sites excluding steroid dienone is 8. The lowest BCUT2D eigenvalue weighted by atomic mass is 10.0. The molecule has 1 atom stereocenters. The highest BCUT2D eigenvalue weighted by molar-refractivity contribution is 5.71. The summed E-state index contributed by atoms with van der Waals surface area (Å²) in [6, 6.07) is 0. The Morgan fingerprint density at radius 2 is 0.486 bits per heavy atom. The van der Waals surface area contributed by atoms with Gasteiger partial charge in [0.05, 0.1) is 0 Å². The second kappa shape index (κ2) is 62.9. The van der Waals surface area contributed by atoms with Gasteiger partial charge < -0.3 is 14.2 Å². The number of hydrogen-bond donors (Lipinski definition) is 0. The number of ether oxygens (including phenoxy) is 3. The number of carbonyl (C=O) groups is 3. The van der Waals surface area contributed by atoms with E-state index in [0.29, 0.717) is 19.3 Å². The summed E-state index contributed by atoms with van der Waals surface area (Å²) in [7, 11) is 0. The Bertz CT molecular complexity index is 1280. The van der Waals surface area contributed by atoms with E-state index in [1.165, 1.54) is 218 Å². The smallest absolute Gasteiger partial charge is 0.306 e. The lowest BCUT2D eigenvalue weighted by Crippen LogP contribution is -2.30. The molecule has 0 N–H and O–H groups in total. The van der Waals surface area contributed by atoms with E-state index < -0.39 is 6.10 Å². The topological polar surface area (TPSA) is 78.9 Å². The average molecular weight is 1040 g/mol. The normalized spacial score (nSPS) is 12.3. The summed E-state index contributed by atoms with van der Waals surface area (Å²) in [4.78, 5) is 38.3. The molecular formula is C68H124O6. The summed E-state index contributed by atoms with van der Waals surface area (Å²) >= 11 is 0. The molecule has 0 saturated heterocycles. The first-order valence-corrected chi connectivity index (χ1v) is 32.6. The van der Waals surface area contributed by atoms with Crippen LogP contribution in [0.3, 0.4) is 0 Å². The summed E-state index contributed by atoms with van der Waals surface area (Å²) in [5, 5.41) is 0. The molecule has 0 aliphatic rings. The Hall–Kier alpha value is -2.63. The molecule has 74 heavy (non-hydrogen) atoms. The summed E-state index contributed by atoms with van der Waals surface area (Å²) in [5.41, 5.74) is 0. The minimum absolute atomic E-state index is 0.0775. The van der Waals surface area contributed by atoms with E-state index >= 15 is 0 Å². The highest BCUT2D eigenvalue weighted by atomic mass is 16.6. The van der Waals surface area contributed by atoms with Crippen LogP contribution in [0.25, 0.3) is 0 Å². The molecule has 0 aliphatic carbocycles. The molecule has 1 unspecified atom stereocenters. The van der Waals surface area contributed by atoms with E-state index in [4.69, 9.17) is 14.2 Å². The van der Waals surface area contributed by atoms with Crippen LogP contribution < -0.4 is 0 Å². The highest BCUT2D eigenvalue weighted by Crippen LogP contribution is 2.17. The van der Waals surface area contributed by atoms with Crippen LogP contribution in [0.2, 0.25) is 0 Å². The third kappa shape index (κ3) is 60.2. The summed E-state index contributed by atoms with van der Waals surface area (Å²) < 4.78 is 16.9. The Morgan fingerprint density at radius 1 is 0.270 bits per heavy atom. The van der Waals surface area contributed by atoms with Crippen LogP contribution in [0, 0.1) is 0 Å². The molecule has 0 fully saturated rings. The van der Waals surface area contributed by atoms with Gasteiger partial charge in [-0.2, -0.15) is 0 Å². The maximum atomic E-state index is 12.9. The summed E-state index contributed by atoms with van der Waals surface area (Å²) in [6.07, 6.45) is 78.3. The Kier molecular flexibility index (Phi) is 60.7. The van der Waals surface area contributed by atoms with Crippen molar-refractivity contribution in [3.8, 4) is 0 Å². The van der Waals surface area contributed by atoms with Crippen LogP contribution in [0.4, 0.5) is 0 Å². The first kappa shape index (κ1) is 71.4. The molecule has 0 amide bonds. The van der Waals surface area contributed by atoms with Gasteiger partial charge in [-0.1, -0.05) is 294 Å². The number of unbranched alkanes of at least 4 members (excludes halogenated alkanes) is 41. The fourth-order valence-electron chi connectivity index (χ4n) is 9.62. The maximum Gasteiger partial charge on any atom is 0.306 e. The zero-order valence-electron chi connectivity index (χ0n) is 49.6. The molecule has 0 spiro atoms. The standard InChI is InChI=1S/C68H124O6/c1-4-7-10-13-16-19-22-25-28-30-32-33-34-35-36-38-40-43-46-49-52-55-58-61-67(70)73-64-65(63-72-66(69)60-57-54-51-48-45-42-39-27-24-21-18-15-12-9-6-3)74-68(71)62-59-56-53-50-47-44-41-37-31-29-26-23-20-17-14-11-8-5-2/h18,20-21,23,27,29,31,39,65H,4-17,19,22,24-26,28,30,32-38,40-64H2,1-3H3/b21-18-,23-20-,31-29-,39-27-. The second-order valence-corrected chi connectivity index (χ2v) is 22.0. The molecule has 0 aromatic carbocycles. The second-order valence-electron chi connectivity index (χ2n) is 22.0. The molecule has 0 bridgehead atoms. The third-order valence-electron chi connectivity index (χ3n) is 14.6. The van der Waals surface area contributed by atoms with Gasteiger partial charge in [0.1, 0.15) is 13.2 Å². The first-order valence-electron chi connectivity index (χ1n) is 32.6. The highest BCUT2D eigenvalue weighted by Gasteiger charge is 2.19. The van der Waals surface area contributed by atoms with Crippen LogP contribution in [0.1, 0.15) is 348 Å². The maximum absolute atomic E-state index is 12.9. The predicted octanol–water partition coefficient (Wildman–Crippen LogP) is 22.2. The van der Waals surface area contributed by atoms with Crippen LogP contribution in [-0.2, 0) is 28.6 Å². The monoisotopic (exact) mass is 1040 g/mol. The summed E-state index contributed by atoms with van der Waals surface area (Å²) in [5.74, 6) is -0.879. The molecule has 0 saturated carbocycles. The van der Waals surface area contributed by atoms with Crippen LogP contribution >= 0.6 is 0 Å². The molecule has 0 aliphatic heterocycles. The van der Waals surface area contributed by atoms with Crippen molar-refractivity contribution in [1.29, 1.82) is 0 Å². The van der Waals surface area contributed by atoms with Crippen molar-refractivity contribution in [1.82, 2.24) is 0 Å². The van der Waals surface area contributed by atoms with Crippen LogP contribution in [0.15, 0.2) is 48.6 Å². The van der Waals surface area contributed by atoms with E-state index in [0.717, 1.165) is 89.9 Å². The number of hydrogen-bond acceptors (Lipinski definition) is 6. The predicted molar refractivity (Wildman–Crippen MR) is 321 cm³/mol. The number of carbonyl (C=O) groups excluding carboxylic acids is 3. The van der Waals surface area contributed by atoms with Crippen LogP contribution in [-0.4, -0.2) is 37.2 Å². The Morgan fingerprint density at radius 3 is 0.784 bits per heavy atom. The van der Waals surface area contributed by atoms with Gasteiger partial charge >= 0.3 is 17.9 Å². The fourth-order valence-corrected chi connectivity index (χ4v) is 9.62. The molecule has 432 valence electrons. The van der Waals surface area contributed by atoms with E-state index in [1.54, 1.807) is 0 Å². The van der Waals surface area contributed by atoms with Crippen molar-refractivity contribution in [2.75, 3.05) is 13.2 Å². The molecule has 0 rings (SSSR count).